The molecule has 1 amide bonds. The molecule has 0 aliphatic carbocycles. The van der Waals surface area contributed by atoms with E-state index in [4.69, 9.17) is 4.74 Å². The monoisotopic (exact) mass is 395 g/mol. The fourth-order valence-corrected chi connectivity index (χ4v) is 3.77. The van der Waals surface area contributed by atoms with Gasteiger partial charge in [-0.3, -0.25) is 10.1 Å². The Hall–Kier alpha value is -2.73. The van der Waals surface area contributed by atoms with Gasteiger partial charge in [-0.1, -0.05) is 74.6 Å². The van der Waals surface area contributed by atoms with E-state index in [0.717, 1.165) is 17.8 Å². The van der Waals surface area contributed by atoms with Gasteiger partial charge in [0.2, 0.25) is 5.13 Å². The number of carbonyl (C=O) groups is 1. The molecule has 3 aromatic rings. The number of nitrogens with one attached hydrogen (secondary N) is 1. The number of nitrogens with zero attached hydrogens (tertiary/aromatic N) is 2. The van der Waals surface area contributed by atoms with E-state index < -0.39 is 0 Å². The quantitative estimate of drug-likeness (QED) is 0.593. The largest absolute Gasteiger partial charge is 0.484 e. The van der Waals surface area contributed by atoms with Gasteiger partial charge in [-0.15, -0.1) is 10.2 Å². The molecule has 0 aliphatic rings. The highest BCUT2D eigenvalue weighted by Gasteiger charge is 2.22. The SMILES string of the molecule is CCCc1nnc(NC(=O)COc2ccc(C(C)(C)c3ccccc3)cc2)s1. The lowest BCUT2D eigenvalue weighted by Gasteiger charge is -2.26. The van der Waals surface area contributed by atoms with Crippen LogP contribution in [0.15, 0.2) is 54.6 Å². The molecule has 1 heterocycles. The first-order valence-electron chi connectivity index (χ1n) is 9.40. The van der Waals surface area contributed by atoms with Gasteiger partial charge in [0, 0.05) is 11.8 Å². The maximum absolute atomic E-state index is 12.1. The number of anilines is 1. The molecular formula is C22H25N3O2S. The third kappa shape index (κ3) is 4.95. The van der Waals surface area contributed by atoms with E-state index in [1.54, 1.807) is 0 Å². The molecule has 0 saturated carbocycles. The number of amides is 1. The van der Waals surface area contributed by atoms with Crippen LogP contribution in [0.5, 0.6) is 5.75 Å². The van der Waals surface area contributed by atoms with E-state index in [-0.39, 0.29) is 17.9 Å². The van der Waals surface area contributed by atoms with Gasteiger partial charge in [-0.25, -0.2) is 0 Å². The predicted molar refractivity (Wildman–Crippen MR) is 113 cm³/mol. The van der Waals surface area contributed by atoms with Crippen molar-refractivity contribution < 1.29 is 9.53 Å². The van der Waals surface area contributed by atoms with Gasteiger partial charge in [0.05, 0.1) is 0 Å². The summed E-state index contributed by atoms with van der Waals surface area (Å²) in [6.07, 6.45) is 1.87. The fourth-order valence-electron chi connectivity index (χ4n) is 2.91. The first kappa shape index (κ1) is 20.0. The van der Waals surface area contributed by atoms with Crippen molar-refractivity contribution in [3.63, 3.8) is 0 Å². The molecule has 2 aromatic carbocycles. The van der Waals surface area contributed by atoms with Gasteiger partial charge in [-0.2, -0.15) is 0 Å². The number of benzene rings is 2. The molecule has 0 saturated heterocycles. The van der Waals surface area contributed by atoms with Crippen LogP contribution in [0.2, 0.25) is 0 Å². The van der Waals surface area contributed by atoms with Crippen molar-refractivity contribution in [1.29, 1.82) is 0 Å². The Morgan fingerprint density at radius 2 is 1.71 bits per heavy atom. The predicted octanol–water partition coefficient (Wildman–Crippen LogP) is 4.83. The number of hydrogen-bond donors (Lipinski definition) is 1. The average Bonchev–Trinajstić information content (AvgIpc) is 3.14. The minimum atomic E-state index is -0.243. The summed E-state index contributed by atoms with van der Waals surface area (Å²) in [7, 11) is 0. The lowest BCUT2D eigenvalue weighted by atomic mass is 9.78. The van der Waals surface area contributed by atoms with Crippen molar-refractivity contribution in [3.05, 3.63) is 70.7 Å². The normalized spacial score (nSPS) is 11.2. The first-order valence-corrected chi connectivity index (χ1v) is 10.2. The lowest BCUT2D eigenvalue weighted by Crippen LogP contribution is -2.20. The number of hydrogen-bond acceptors (Lipinski definition) is 5. The molecule has 0 fully saturated rings. The van der Waals surface area contributed by atoms with Gasteiger partial charge < -0.3 is 4.74 Å². The Labute approximate surface area is 169 Å². The molecule has 0 atom stereocenters. The van der Waals surface area contributed by atoms with Crippen molar-refractivity contribution in [1.82, 2.24) is 10.2 Å². The van der Waals surface area contributed by atoms with Crippen LogP contribution in [-0.4, -0.2) is 22.7 Å². The fraction of sp³-hybridized carbons (Fsp3) is 0.318. The van der Waals surface area contributed by atoms with Gasteiger partial charge >= 0.3 is 0 Å². The van der Waals surface area contributed by atoms with Crippen molar-refractivity contribution in [3.8, 4) is 5.75 Å². The van der Waals surface area contributed by atoms with Gasteiger partial charge in [0.1, 0.15) is 10.8 Å². The maximum Gasteiger partial charge on any atom is 0.264 e. The van der Waals surface area contributed by atoms with E-state index in [9.17, 15) is 4.79 Å². The Balaban J connectivity index is 1.56. The zero-order chi connectivity index (χ0) is 20.0. The summed E-state index contributed by atoms with van der Waals surface area (Å²) in [4.78, 5) is 12.1. The molecule has 28 heavy (non-hydrogen) atoms. The second-order valence-corrected chi connectivity index (χ2v) is 8.17. The zero-order valence-corrected chi connectivity index (χ0v) is 17.3. The molecule has 6 heteroatoms. The highest BCUT2D eigenvalue weighted by Crippen LogP contribution is 2.32. The van der Waals surface area contributed by atoms with Crippen LogP contribution < -0.4 is 10.1 Å². The lowest BCUT2D eigenvalue weighted by molar-refractivity contribution is -0.118. The number of ether oxygens (including phenoxy) is 1. The topological polar surface area (TPSA) is 64.1 Å². The van der Waals surface area contributed by atoms with Crippen LogP contribution in [0, 0.1) is 0 Å². The molecule has 0 spiro atoms. The molecule has 1 aromatic heterocycles. The molecule has 0 radical (unpaired) electrons. The van der Waals surface area contributed by atoms with E-state index in [1.807, 2.05) is 30.3 Å². The zero-order valence-electron chi connectivity index (χ0n) is 16.4. The van der Waals surface area contributed by atoms with Crippen LogP contribution in [0.3, 0.4) is 0 Å². The van der Waals surface area contributed by atoms with Crippen LogP contribution in [0.1, 0.15) is 43.3 Å². The molecule has 3 rings (SSSR count). The molecule has 146 valence electrons. The van der Waals surface area contributed by atoms with Gasteiger partial charge in [-0.05, 0) is 29.7 Å². The Morgan fingerprint density at radius 3 is 2.39 bits per heavy atom. The second kappa shape index (κ2) is 8.97. The summed E-state index contributed by atoms with van der Waals surface area (Å²) in [5.74, 6) is 0.416. The van der Waals surface area contributed by atoms with E-state index in [2.05, 4.69) is 60.6 Å². The van der Waals surface area contributed by atoms with Crippen LogP contribution in [0.25, 0.3) is 0 Å². The van der Waals surface area contributed by atoms with Crippen LogP contribution >= 0.6 is 11.3 Å². The molecule has 5 nitrogen and oxygen atoms in total. The third-order valence-electron chi connectivity index (χ3n) is 4.62. The second-order valence-electron chi connectivity index (χ2n) is 7.10. The minimum absolute atomic E-state index is 0.0654. The minimum Gasteiger partial charge on any atom is -0.484 e. The molecular weight excluding hydrogens is 370 g/mol. The Morgan fingerprint density at radius 1 is 1.04 bits per heavy atom. The summed E-state index contributed by atoms with van der Waals surface area (Å²) < 4.78 is 5.61. The molecule has 1 N–H and O–H groups in total. The summed E-state index contributed by atoms with van der Waals surface area (Å²) >= 11 is 1.40. The van der Waals surface area contributed by atoms with Crippen LogP contribution in [0.4, 0.5) is 5.13 Å². The average molecular weight is 396 g/mol. The van der Waals surface area contributed by atoms with Crippen LogP contribution in [-0.2, 0) is 16.6 Å². The van der Waals surface area contributed by atoms with Crippen molar-refractivity contribution in [2.24, 2.45) is 0 Å². The Bertz CT molecular complexity index is 905. The maximum atomic E-state index is 12.1. The smallest absolute Gasteiger partial charge is 0.264 e. The highest BCUT2D eigenvalue weighted by atomic mass is 32.1. The Kier molecular flexibility index (Phi) is 6.41. The van der Waals surface area contributed by atoms with E-state index >= 15 is 0 Å². The van der Waals surface area contributed by atoms with Crippen molar-refractivity contribution in [2.45, 2.75) is 39.0 Å². The summed E-state index contributed by atoms with van der Waals surface area (Å²) in [5.41, 5.74) is 2.33. The summed E-state index contributed by atoms with van der Waals surface area (Å²) in [6, 6.07) is 18.3. The number of rotatable bonds is 8. The number of carbonyl (C=O) groups excluding carboxylic acids is 1. The van der Waals surface area contributed by atoms with Gasteiger partial charge in [0.15, 0.2) is 6.61 Å². The van der Waals surface area contributed by atoms with E-state index in [1.165, 1.54) is 22.5 Å². The summed E-state index contributed by atoms with van der Waals surface area (Å²) in [6.45, 7) is 6.41. The first-order chi connectivity index (χ1) is 13.5. The standard InChI is InChI=1S/C22H25N3O2S/c1-4-8-20-24-25-21(28-20)23-19(26)15-27-18-13-11-17(12-14-18)22(2,3)16-9-6-5-7-10-16/h5-7,9-14H,4,8,15H2,1-3H3,(H,23,25,26). The highest BCUT2D eigenvalue weighted by molar-refractivity contribution is 7.15. The van der Waals surface area contributed by atoms with E-state index in [0.29, 0.717) is 10.9 Å². The molecule has 0 bridgehead atoms. The molecule has 0 unspecified atom stereocenters. The van der Waals surface area contributed by atoms with Crippen molar-refractivity contribution in [2.75, 3.05) is 11.9 Å². The summed E-state index contributed by atoms with van der Waals surface area (Å²) in [5, 5.41) is 12.2. The van der Waals surface area contributed by atoms with Gasteiger partial charge in [0.25, 0.3) is 5.91 Å². The third-order valence-corrected chi connectivity index (χ3v) is 5.52. The number of aromatic nitrogens is 2. The number of aryl methyl sites for hydroxylation is 1. The van der Waals surface area contributed by atoms with Crippen molar-refractivity contribution >= 4 is 22.4 Å². The molecule has 0 aliphatic heterocycles.